The normalized spacial score (nSPS) is 19.3. The van der Waals surface area contributed by atoms with Gasteiger partial charge in [-0.2, -0.15) is 0 Å². The van der Waals surface area contributed by atoms with Gasteiger partial charge in [0.1, 0.15) is 6.04 Å². The molecule has 1 aromatic carbocycles. The summed E-state index contributed by atoms with van der Waals surface area (Å²) in [7, 11) is 0. The number of benzene rings is 1. The molecule has 0 saturated carbocycles. The van der Waals surface area contributed by atoms with E-state index in [0.29, 0.717) is 5.75 Å². The van der Waals surface area contributed by atoms with Gasteiger partial charge in [0.15, 0.2) is 0 Å². The second kappa shape index (κ2) is 5.05. The molecule has 0 radical (unpaired) electrons. The van der Waals surface area contributed by atoms with Crippen LogP contribution in [-0.4, -0.2) is 22.9 Å². The summed E-state index contributed by atoms with van der Waals surface area (Å²) in [6.07, 6.45) is 0. The summed E-state index contributed by atoms with van der Waals surface area (Å²) in [5.41, 5.74) is 0.753. The molecule has 0 aliphatic carbocycles. The molecule has 1 heterocycles. The fourth-order valence-electron chi connectivity index (χ4n) is 1.32. The molecule has 0 spiro atoms. The van der Waals surface area contributed by atoms with E-state index in [0.717, 1.165) is 21.0 Å². The van der Waals surface area contributed by atoms with Crippen molar-refractivity contribution in [2.24, 2.45) is 0 Å². The first kappa shape index (κ1) is 11.7. The number of nitrogens with one attached hydrogen (secondary N) is 2. The third-order valence-electron chi connectivity index (χ3n) is 2.08. The molecule has 1 atom stereocenters. The largest absolute Gasteiger partial charge is 0.334 e. The molecule has 0 bridgehead atoms. The first-order chi connectivity index (χ1) is 7.65. The first-order valence-corrected chi connectivity index (χ1v) is 6.71. The minimum absolute atomic E-state index is 0.136. The molecule has 84 valence electrons. The fraction of sp³-hybridized carbons (Fsp3) is 0.200. The van der Waals surface area contributed by atoms with Crippen molar-refractivity contribution in [3.05, 3.63) is 27.8 Å². The highest BCUT2D eigenvalue weighted by molar-refractivity contribution is 14.1. The lowest BCUT2D eigenvalue weighted by molar-refractivity contribution is -0.117. The lowest BCUT2D eigenvalue weighted by atomic mass is 10.3. The maximum absolute atomic E-state index is 11.7. The molecule has 0 aromatic heterocycles. The number of carbonyl (C=O) groups excluding carboxylic acids is 2. The summed E-state index contributed by atoms with van der Waals surface area (Å²) in [5.74, 6) is 0.328. The van der Waals surface area contributed by atoms with Crippen molar-refractivity contribution in [1.82, 2.24) is 5.32 Å². The molecule has 1 unspecified atom stereocenters. The molecule has 6 heteroatoms. The van der Waals surface area contributed by atoms with Crippen molar-refractivity contribution in [2.45, 2.75) is 6.04 Å². The van der Waals surface area contributed by atoms with Gasteiger partial charge in [-0.1, -0.05) is 17.8 Å². The molecule has 1 fully saturated rings. The summed E-state index contributed by atoms with van der Waals surface area (Å²) < 4.78 is 1.06. The van der Waals surface area contributed by atoms with Crippen LogP contribution in [0.15, 0.2) is 24.3 Å². The standard InChI is InChI=1S/C10H9IN2O2S/c11-6-2-1-3-7(4-6)12-9(14)8-5-16-10(15)13-8/h1-4,8H,5H2,(H,12,14)(H,13,15). The van der Waals surface area contributed by atoms with Crippen LogP contribution in [0.3, 0.4) is 0 Å². The molecule has 4 nitrogen and oxygen atoms in total. The monoisotopic (exact) mass is 348 g/mol. The van der Waals surface area contributed by atoms with Crippen molar-refractivity contribution < 1.29 is 9.59 Å². The van der Waals surface area contributed by atoms with Crippen LogP contribution in [0.1, 0.15) is 0 Å². The van der Waals surface area contributed by atoms with Crippen LogP contribution in [0.5, 0.6) is 0 Å². The molecule has 2 N–H and O–H groups in total. The van der Waals surface area contributed by atoms with Crippen LogP contribution in [0, 0.1) is 3.57 Å². The zero-order valence-corrected chi connectivity index (χ0v) is 11.2. The average molecular weight is 348 g/mol. The molecule has 2 amide bonds. The van der Waals surface area contributed by atoms with Gasteiger partial charge in [-0.25, -0.2) is 0 Å². The number of thioether (sulfide) groups is 1. The van der Waals surface area contributed by atoms with Crippen LogP contribution < -0.4 is 10.6 Å². The maximum atomic E-state index is 11.7. The molecular weight excluding hydrogens is 339 g/mol. The van der Waals surface area contributed by atoms with Gasteiger partial charge in [-0.3, -0.25) is 9.59 Å². The second-order valence-electron chi connectivity index (χ2n) is 3.29. The van der Waals surface area contributed by atoms with E-state index in [4.69, 9.17) is 0 Å². The Morgan fingerprint density at radius 2 is 2.38 bits per heavy atom. The lowest BCUT2D eigenvalue weighted by Gasteiger charge is -2.10. The van der Waals surface area contributed by atoms with Gasteiger partial charge in [0.2, 0.25) is 5.91 Å². The molecule has 1 saturated heterocycles. The Labute approximate surface area is 111 Å². The number of hydrogen-bond donors (Lipinski definition) is 2. The highest BCUT2D eigenvalue weighted by Crippen LogP contribution is 2.16. The summed E-state index contributed by atoms with van der Waals surface area (Å²) in [6.45, 7) is 0. The van der Waals surface area contributed by atoms with Crippen LogP contribution in [0.25, 0.3) is 0 Å². The van der Waals surface area contributed by atoms with Crippen molar-refractivity contribution in [1.29, 1.82) is 0 Å². The van der Waals surface area contributed by atoms with Gasteiger partial charge in [-0.05, 0) is 40.8 Å². The molecule has 1 aliphatic heterocycles. The van der Waals surface area contributed by atoms with Crippen molar-refractivity contribution in [3.63, 3.8) is 0 Å². The SMILES string of the molecule is O=C1NC(C(=O)Nc2cccc(I)c2)CS1. The Kier molecular flexibility index (Phi) is 3.70. The van der Waals surface area contributed by atoms with Gasteiger partial charge in [-0.15, -0.1) is 0 Å². The first-order valence-electron chi connectivity index (χ1n) is 4.65. The van der Waals surface area contributed by atoms with Crippen molar-refractivity contribution in [2.75, 3.05) is 11.1 Å². The van der Waals surface area contributed by atoms with E-state index in [2.05, 4.69) is 33.2 Å². The average Bonchev–Trinajstić information content (AvgIpc) is 2.65. The summed E-state index contributed by atoms with van der Waals surface area (Å²) >= 11 is 3.31. The van der Waals surface area contributed by atoms with E-state index in [-0.39, 0.29) is 11.1 Å². The Hall–Kier alpha value is -0.760. The third kappa shape index (κ3) is 2.88. The number of carbonyl (C=O) groups is 2. The Bertz CT molecular complexity index is 439. The highest BCUT2D eigenvalue weighted by atomic mass is 127. The fourth-order valence-corrected chi connectivity index (χ4v) is 2.64. The summed E-state index contributed by atoms with van der Waals surface area (Å²) in [6, 6.07) is 7.10. The van der Waals surface area contributed by atoms with E-state index < -0.39 is 6.04 Å². The quantitative estimate of drug-likeness (QED) is 0.805. The van der Waals surface area contributed by atoms with Crippen molar-refractivity contribution in [3.8, 4) is 0 Å². The second-order valence-corrected chi connectivity index (χ2v) is 5.53. The number of hydrogen-bond acceptors (Lipinski definition) is 3. The Morgan fingerprint density at radius 3 is 3.00 bits per heavy atom. The summed E-state index contributed by atoms with van der Waals surface area (Å²) in [5, 5.41) is 5.24. The van der Waals surface area contributed by atoms with Gasteiger partial charge in [0.25, 0.3) is 5.24 Å². The zero-order chi connectivity index (χ0) is 11.5. The van der Waals surface area contributed by atoms with E-state index in [1.54, 1.807) is 0 Å². The number of halogens is 1. The minimum Gasteiger partial charge on any atom is -0.334 e. The number of rotatable bonds is 2. The molecule has 2 rings (SSSR count). The van der Waals surface area contributed by atoms with Gasteiger partial charge < -0.3 is 10.6 Å². The smallest absolute Gasteiger partial charge is 0.279 e. The molecular formula is C10H9IN2O2S. The minimum atomic E-state index is -0.421. The van der Waals surface area contributed by atoms with Crippen LogP contribution in [0.4, 0.5) is 10.5 Å². The van der Waals surface area contributed by atoms with Crippen molar-refractivity contribution >= 4 is 51.2 Å². The Morgan fingerprint density at radius 1 is 1.56 bits per heavy atom. The van der Waals surface area contributed by atoms with Crippen LogP contribution in [0.2, 0.25) is 0 Å². The molecule has 1 aromatic rings. The predicted molar refractivity (Wildman–Crippen MR) is 72.6 cm³/mol. The third-order valence-corrected chi connectivity index (χ3v) is 3.63. The number of anilines is 1. The maximum Gasteiger partial charge on any atom is 0.279 e. The van der Waals surface area contributed by atoms with Crippen LogP contribution >= 0.6 is 34.4 Å². The van der Waals surface area contributed by atoms with E-state index >= 15 is 0 Å². The van der Waals surface area contributed by atoms with E-state index in [1.807, 2.05) is 24.3 Å². The highest BCUT2D eigenvalue weighted by Gasteiger charge is 2.27. The lowest BCUT2D eigenvalue weighted by Crippen LogP contribution is -2.38. The molecule has 1 aliphatic rings. The predicted octanol–water partition coefficient (Wildman–Crippen LogP) is 2.05. The number of amides is 2. The van der Waals surface area contributed by atoms with E-state index in [1.165, 1.54) is 0 Å². The van der Waals surface area contributed by atoms with E-state index in [9.17, 15) is 9.59 Å². The molecule has 16 heavy (non-hydrogen) atoms. The summed E-state index contributed by atoms with van der Waals surface area (Å²) in [4.78, 5) is 22.7. The van der Waals surface area contributed by atoms with Gasteiger partial charge in [0.05, 0.1) is 0 Å². The zero-order valence-electron chi connectivity index (χ0n) is 8.20. The Balaban J connectivity index is 1.99. The van der Waals surface area contributed by atoms with Gasteiger partial charge >= 0.3 is 0 Å². The van der Waals surface area contributed by atoms with Gasteiger partial charge in [0, 0.05) is 15.0 Å². The topological polar surface area (TPSA) is 58.2 Å². The van der Waals surface area contributed by atoms with Crippen LogP contribution in [-0.2, 0) is 4.79 Å².